The van der Waals surface area contributed by atoms with E-state index in [1.807, 2.05) is 0 Å². The summed E-state index contributed by atoms with van der Waals surface area (Å²) in [6.45, 7) is 15.3. The Morgan fingerprint density at radius 3 is 2.56 bits per heavy atom. The molecule has 3 atom stereocenters. The highest BCUT2D eigenvalue weighted by Gasteiger charge is 2.32. The van der Waals surface area contributed by atoms with Gasteiger partial charge < -0.3 is 10.1 Å². The van der Waals surface area contributed by atoms with E-state index >= 15 is 0 Å². The van der Waals surface area contributed by atoms with Crippen molar-refractivity contribution in [3.63, 3.8) is 0 Å². The molecule has 3 heteroatoms. The second kappa shape index (κ2) is 8.13. The molecule has 18 heavy (non-hydrogen) atoms. The molecule has 1 heterocycles. The van der Waals surface area contributed by atoms with E-state index in [1.54, 1.807) is 0 Å². The molecule has 1 aliphatic heterocycles. The predicted octanol–water partition coefficient (Wildman–Crippen LogP) is 2.51. The van der Waals surface area contributed by atoms with Gasteiger partial charge in [0.1, 0.15) is 0 Å². The fourth-order valence-corrected chi connectivity index (χ4v) is 2.91. The third-order valence-corrected chi connectivity index (χ3v) is 4.01. The van der Waals surface area contributed by atoms with Crippen molar-refractivity contribution in [1.82, 2.24) is 10.2 Å². The molecule has 1 N–H and O–H groups in total. The monoisotopic (exact) mass is 256 g/mol. The molecule has 1 fully saturated rings. The van der Waals surface area contributed by atoms with Crippen molar-refractivity contribution in [2.24, 2.45) is 5.92 Å². The van der Waals surface area contributed by atoms with Gasteiger partial charge in [0.05, 0.1) is 6.61 Å². The molecule has 0 aromatic heterocycles. The van der Waals surface area contributed by atoms with Gasteiger partial charge in [-0.15, -0.1) is 0 Å². The Hall–Kier alpha value is -0.120. The minimum absolute atomic E-state index is 0.527. The van der Waals surface area contributed by atoms with E-state index in [0.29, 0.717) is 24.0 Å². The molecule has 0 radical (unpaired) electrons. The van der Waals surface area contributed by atoms with Crippen LogP contribution in [0.25, 0.3) is 0 Å². The van der Waals surface area contributed by atoms with Crippen LogP contribution >= 0.6 is 0 Å². The molecule has 3 nitrogen and oxygen atoms in total. The summed E-state index contributed by atoms with van der Waals surface area (Å²) in [6, 6.07) is 1.83. The van der Waals surface area contributed by atoms with Gasteiger partial charge in [0.25, 0.3) is 0 Å². The van der Waals surface area contributed by atoms with Crippen molar-refractivity contribution in [3.05, 3.63) is 0 Å². The summed E-state index contributed by atoms with van der Waals surface area (Å²) in [5.41, 5.74) is 0. The molecule has 0 spiro atoms. The van der Waals surface area contributed by atoms with Crippen LogP contribution in [-0.2, 0) is 4.74 Å². The Morgan fingerprint density at radius 1 is 1.28 bits per heavy atom. The molecule has 0 amide bonds. The first-order valence-corrected chi connectivity index (χ1v) is 7.66. The highest BCUT2D eigenvalue weighted by Crippen LogP contribution is 2.19. The van der Waals surface area contributed by atoms with E-state index in [9.17, 15) is 0 Å². The number of nitrogens with one attached hydrogen (secondary N) is 1. The van der Waals surface area contributed by atoms with Crippen LogP contribution < -0.4 is 5.32 Å². The molecule has 0 aromatic rings. The standard InChI is InChI=1S/C15H32N2O/c1-6-8-14-10-17(13(5)11-18-7-2)15(9-16-14)12(3)4/h12-16H,6-11H2,1-5H3. The Bertz CT molecular complexity index is 221. The highest BCUT2D eigenvalue weighted by atomic mass is 16.5. The summed E-state index contributed by atoms with van der Waals surface area (Å²) < 4.78 is 5.61. The van der Waals surface area contributed by atoms with E-state index in [0.717, 1.165) is 19.8 Å². The zero-order valence-corrected chi connectivity index (χ0v) is 12.9. The summed E-state index contributed by atoms with van der Waals surface area (Å²) in [7, 11) is 0. The van der Waals surface area contributed by atoms with E-state index < -0.39 is 0 Å². The van der Waals surface area contributed by atoms with Crippen LogP contribution in [0, 0.1) is 5.92 Å². The molecule has 1 rings (SSSR count). The molecule has 1 saturated heterocycles. The Morgan fingerprint density at radius 2 is 2.00 bits per heavy atom. The number of rotatable bonds is 7. The van der Waals surface area contributed by atoms with Gasteiger partial charge in [0.15, 0.2) is 0 Å². The van der Waals surface area contributed by atoms with Gasteiger partial charge in [-0.2, -0.15) is 0 Å². The van der Waals surface area contributed by atoms with Gasteiger partial charge in [0.2, 0.25) is 0 Å². The number of piperazine rings is 1. The molecule has 0 bridgehead atoms. The number of nitrogens with zero attached hydrogens (tertiary/aromatic N) is 1. The third-order valence-electron chi connectivity index (χ3n) is 4.01. The maximum absolute atomic E-state index is 5.61. The minimum atomic E-state index is 0.527. The summed E-state index contributed by atoms with van der Waals surface area (Å²) in [6.07, 6.45) is 2.54. The Balaban J connectivity index is 2.59. The van der Waals surface area contributed by atoms with Crippen molar-refractivity contribution in [1.29, 1.82) is 0 Å². The van der Waals surface area contributed by atoms with E-state index in [4.69, 9.17) is 4.74 Å². The topological polar surface area (TPSA) is 24.5 Å². The molecule has 0 aliphatic carbocycles. The molecular weight excluding hydrogens is 224 g/mol. The average molecular weight is 256 g/mol. The maximum Gasteiger partial charge on any atom is 0.0619 e. The first-order chi connectivity index (χ1) is 8.60. The van der Waals surface area contributed by atoms with E-state index in [2.05, 4.69) is 44.8 Å². The maximum atomic E-state index is 5.61. The Kier molecular flexibility index (Phi) is 7.20. The molecule has 108 valence electrons. The fraction of sp³-hybridized carbons (Fsp3) is 1.00. The first-order valence-electron chi connectivity index (χ1n) is 7.66. The summed E-state index contributed by atoms with van der Waals surface area (Å²) >= 11 is 0. The van der Waals surface area contributed by atoms with Crippen LogP contribution in [0.5, 0.6) is 0 Å². The van der Waals surface area contributed by atoms with Crippen LogP contribution in [-0.4, -0.2) is 49.3 Å². The quantitative estimate of drug-likeness (QED) is 0.757. The fourth-order valence-electron chi connectivity index (χ4n) is 2.91. The van der Waals surface area contributed by atoms with Crippen LogP contribution in [0.4, 0.5) is 0 Å². The minimum Gasteiger partial charge on any atom is -0.380 e. The van der Waals surface area contributed by atoms with Gasteiger partial charge in [-0.05, 0) is 26.2 Å². The van der Waals surface area contributed by atoms with Gasteiger partial charge in [-0.3, -0.25) is 4.90 Å². The van der Waals surface area contributed by atoms with E-state index in [1.165, 1.54) is 19.4 Å². The SMILES string of the molecule is CCCC1CN(C(C)COCC)C(C(C)C)CN1. The Labute approximate surface area is 113 Å². The third kappa shape index (κ3) is 4.52. The molecule has 1 aliphatic rings. The van der Waals surface area contributed by atoms with Crippen LogP contribution in [0.15, 0.2) is 0 Å². The first kappa shape index (κ1) is 15.9. The second-order valence-corrected chi connectivity index (χ2v) is 5.91. The molecular formula is C15H32N2O. The number of hydrogen-bond acceptors (Lipinski definition) is 3. The zero-order valence-electron chi connectivity index (χ0n) is 12.9. The van der Waals surface area contributed by atoms with Crippen molar-refractivity contribution >= 4 is 0 Å². The predicted molar refractivity (Wildman–Crippen MR) is 78.0 cm³/mol. The molecule has 0 saturated carbocycles. The normalized spacial score (nSPS) is 27.7. The van der Waals surface area contributed by atoms with Crippen LogP contribution in [0.3, 0.4) is 0 Å². The summed E-state index contributed by atoms with van der Waals surface area (Å²) in [4.78, 5) is 2.66. The van der Waals surface area contributed by atoms with Gasteiger partial charge >= 0.3 is 0 Å². The lowest BCUT2D eigenvalue weighted by Crippen LogP contribution is -2.61. The number of hydrogen-bond donors (Lipinski definition) is 1. The largest absolute Gasteiger partial charge is 0.380 e. The van der Waals surface area contributed by atoms with Gasteiger partial charge in [-0.1, -0.05) is 27.2 Å². The zero-order chi connectivity index (χ0) is 13.5. The van der Waals surface area contributed by atoms with Crippen LogP contribution in [0.2, 0.25) is 0 Å². The molecule has 3 unspecified atom stereocenters. The van der Waals surface area contributed by atoms with Crippen molar-refractivity contribution in [2.45, 2.75) is 65.6 Å². The molecule has 0 aromatic carbocycles. The van der Waals surface area contributed by atoms with Crippen molar-refractivity contribution < 1.29 is 4.74 Å². The summed E-state index contributed by atoms with van der Waals surface area (Å²) in [5, 5.41) is 3.71. The second-order valence-electron chi connectivity index (χ2n) is 5.91. The lowest BCUT2D eigenvalue weighted by Gasteiger charge is -2.45. The van der Waals surface area contributed by atoms with Crippen LogP contribution in [0.1, 0.15) is 47.5 Å². The lowest BCUT2D eigenvalue weighted by molar-refractivity contribution is 0.0128. The highest BCUT2D eigenvalue weighted by molar-refractivity contribution is 4.90. The van der Waals surface area contributed by atoms with Gasteiger partial charge in [0, 0.05) is 37.8 Å². The van der Waals surface area contributed by atoms with Crippen molar-refractivity contribution in [2.75, 3.05) is 26.3 Å². The number of ether oxygens (including phenoxy) is 1. The van der Waals surface area contributed by atoms with Crippen molar-refractivity contribution in [3.8, 4) is 0 Å². The van der Waals surface area contributed by atoms with Gasteiger partial charge in [-0.25, -0.2) is 0 Å². The lowest BCUT2D eigenvalue weighted by atomic mass is 9.95. The average Bonchev–Trinajstić information content (AvgIpc) is 2.36. The summed E-state index contributed by atoms with van der Waals surface area (Å²) in [5.74, 6) is 0.698. The smallest absolute Gasteiger partial charge is 0.0619 e. The van der Waals surface area contributed by atoms with E-state index in [-0.39, 0.29) is 0 Å².